The molecule has 0 bridgehead atoms. The molecule has 0 aliphatic heterocycles. The summed E-state index contributed by atoms with van der Waals surface area (Å²) in [6.07, 6.45) is 0. The van der Waals surface area contributed by atoms with E-state index in [4.69, 9.17) is 19.1 Å². The van der Waals surface area contributed by atoms with Crippen molar-refractivity contribution in [3.05, 3.63) is 84.9 Å². The summed E-state index contributed by atoms with van der Waals surface area (Å²) in [6.45, 7) is 0. The van der Waals surface area contributed by atoms with Crippen molar-refractivity contribution in [2.45, 2.75) is 0 Å². The monoisotopic (exact) mass is 486 g/mol. The third-order valence-electron chi connectivity index (χ3n) is 2.52. The summed E-state index contributed by atoms with van der Waals surface area (Å²) in [6, 6.07) is 27.2. The molecule has 0 amide bonds. The third-order valence-corrected chi connectivity index (χ3v) is 4.23. The van der Waals surface area contributed by atoms with Crippen LogP contribution in [0.2, 0.25) is 0 Å². The van der Waals surface area contributed by atoms with Gasteiger partial charge in [-0.2, -0.15) is 30.3 Å². The van der Waals surface area contributed by atoms with E-state index in [1.165, 1.54) is 0 Å². The fraction of sp³-hybridized carbons (Fsp3) is 0. The van der Waals surface area contributed by atoms with Crippen molar-refractivity contribution >= 4 is 37.5 Å². The fourth-order valence-corrected chi connectivity index (χ4v) is 2.93. The molecule has 0 radical (unpaired) electrons. The number of rotatable bonds is 2. The van der Waals surface area contributed by atoms with E-state index in [-0.39, 0.29) is 33.0 Å². The van der Waals surface area contributed by atoms with Crippen molar-refractivity contribution in [3.63, 3.8) is 0 Å². The Morgan fingerprint density at radius 2 is 1.41 bits per heavy atom. The third kappa shape index (κ3) is 9.14. The van der Waals surface area contributed by atoms with E-state index in [9.17, 15) is 4.57 Å². The molecule has 0 N–H and O–H groups in total. The minimum atomic E-state index is -1.75. The van der Waals surface area contributed by atoms with Crippen LogP contribution in [0.15, 0.2) is 84.9 Å². The van der Waals surface area contributed by atoms with Gasteiger partial charge in [0, 0.05) is 5.30 Å². The van der Waals surface area contributed by atoms with Crippen molar-refractivity contribution in [2.75, 3.05) is 0 Å². The number of benzene rings is 1. The molecule has 22 heavy (non-hydrogen) atoms. The first kappa shape index (κ1) is 21.9. The van der Waals surface area contributed by atoms with Crippen LogP contribution < -0.4 is 10.6 Å². The summed E-state index contributed by atoms with van der Waals surface area (Å²) in [7, 11) is 7.88. The fourth-order valence-electron chi connectivity index (χ4n) is 1.60. The molecule has 0 heterocycles. The second kappa shape index (κ2) is 14.5. The molecule has 0 spiro atoms. The Labute approximate surface area is 159 Å². The minimum Gasteiger partial charge on any atom is -0.214 e. The van der Waals surface area contributed by atoms with Crippen LogP contribution in [0.3, 0.4) is 0 Å². The van der Waals surface area contributed by atoms with E-state index >= 15 is 0 Å². The van der Waals surface area contributed by atoms with Crippen LogP contribution in [0, 0.1) is 0 Å². The zero-order chi connectivity index (χ0) is 15.3. The molecular formula is C16H15Cl2FeOPPd. The van der Waals surface area contributed by atoms with Gasteiger partial charge < -0.3 is 4.57 Å². The first-order valence-corrected chi connectivity index (χ1v) is 11.5. The Kier molecular flexibility index (Phi) is 14.4. The Morgan fingerprint density at radius 3 is 1.82 bits per heavy atom. The van der Waals surface area contributed by atoms with Crippen molar-refractivity contribution in [1.82, 2.24) is 0 Å². The van der Waals surface area contributed by atoms with Gasteiger partial charge >= 0.3 is 52.1 Å². The molecule has 0 aliphatic rings. The van der Waals surface area contributed by atoms with E-state index < -0.39 is 7.80 Å². The van der Waals surface area contributed by atoms with Gasteiger partial charge in [0.05, 0.1) is 7.80 Å². The average Bonchev–Trinajstić information content (AvgIpc) is 3.24. The van der Waals surface area contributed by atoms with E-state index in [2.05, 4.69) is 0 Å². The van der Waals surface area contributed by atoms with Crippen LogP contribution in [0.4, 0.5) is 0 Å². The molecule has 0 aliphatic carbocycles. The molecule has 0 saturated heterocycles. The van der Waals surface area contributed by atoms with Crippen molar-refractivity contribution < 1.29 is 37.6 Å². The normalized spacial score (nSPS) is 10.3. The van der Waals surface area contributed by atoms with Crippen molar-refractivity contribution in [2.24, 2.45) is 0 Å². The predicted octanol–water partition coefficient (Wildman–Crippen LogP) is 4.70. The molecule has 122 valence electrons. The topological polar surface area (TPSA) is 17.1 Å². The quantitative estimate of drug-likeness (QED) is 0.291. The molecular weight excluding hydrogens is 472 g/mol. The summed E-state index contributed by atoms with van der Waals surface area (Å²) in [4.78, 5) is 0. The maximum absolute atomic E-state index is 11.9. The largest absolute Gasteiger partial charge is 2.00 e. The summed E-state index contributed by atoms with van der Waals surface area (Å²) in [5.74, 6) is 0. The van der Waals surface area contributed by atoms with E-state index in [0.717, 1.165) is 10.6 Å². The molecule has 0 aromatic heterocycles. The Morgan fingerprint density at radius 1 is 0.909 bits per heavy atom. The van der Waals surface area contributed by atoms with Gasteiger partial charge in [-0.1, -0.05) is 35.6 Å². The number of halogens is 2. The summed E-state index contributed by atoms with van der Waals surface area (Å²) >= 11 is -0.106. The van der Waals surface area contributed by atoms with Crippen LogP contribution in [-0.4, -0.2) is 0 Å². The van der Waals surface area contributed by atoms with Crippen molar-refractivity contribution in [3.8, 4) is 0 Å². The Bertz CT molecular complexity index is 569. The molecule has 6 heteroatoms. The van der Waals surface area contributed by atoms with Gasteiger partial charge in [-0.3, -0.25) is 0 Å². The summed E-state index contributed by atoms with van der Waals surface area (Å²) in [5.41, 5.74) is 0. The smallest absolute Gasteiger partial charge is 0.214 e. The zero-order valence-electron chi connectivity index (χ0n) is 11.4. The summed E-state index contributed by atoms with van der Waals surface area (Å²) < 4.78 is 11.9. The second-order valence-corrected chi connectivity index (χ2v) is 8.05. The van der Waals surface area contributed by atoms with E-state index in [1.54, 1.807) is 0 Å². The molecule has 1 nitrogen and oxygen atoms in total. The van der Waals surface area contributed by atoms with Crippen LogP contribution in [0.25, 0.3) is 0 Å². The molecule has 1 unspecified atom stereocenters. The minimum absolute atomic E-state index is 0. The molecule has 3 aromatic carbocycles. The van der Waals surface area contributed by atoms with Crippen LogP contribution in [0.5, 0.6) is 0 Å². The molecule has 3 aromatic rings. The van der Waals surface area contributed by atoms with Crippen LogP contribution in [-0.2, 0) is 37.6 Å². The predicted molar refractivity (Wildman–Crippen MR) is 90.5 cm³/mol. The maximum atomic E-state index is 11.9. The van der Waals surface area contributed by atoms with Gasteiger partial charge in [-0.15, -0.1) is 0 Å². The second-order valence-electron chi connectivity index (χ2n) is 3.88. The molecule has 3 rings (SSSR count). The average molecular weight is 487 g/mol. The van der Waals surface area contributed by atoms with Gasteiger partial charge in [0.2, 0.25) is 0 Å². The van der Waals surface area contributed by atoms with Crippen LogP contribution in [0.1, 0.15) is 0 Å². The van der Waals surface area contributed by atoms with Gasteiger partial charge in [0.25, 0.3) is 0 Å². The van der Waals surface area contributed by atoms with Crippen LogP contribution >= 0.6 is 26.9 Å². The SMILES string of the molecule is O=[PH](c1ccccc1)[c-]1cccc1.[Cl][Pd][Cl].[Fe+2].c1cc[cH-]c1. The van der Waals surface area contributed by atoms with Gasteiger partial charge in [-0.05, 0) is 0 Å². The number of hydrogen-bond acceptors (Lipinski definition) is 1. The van der Waals surface area contributed by atoms with Gasteiger partial charge in [0.1, 0.15) is 0 Å². The molecule has 0 saturated carbocycles. The Balaban J connectivity index is 0.000000411. The maximum Gasteiger partial charge on any atom is 2.00 e. The first-order valence-electron chi connectivity index (χ1n) is 6.10. The van der Waals surface area contributed by atoms with Gasteiger partial charge in [-0.25, -0.2) is 24.3 Å². The summed E-state index contributed by atoms with van der Waals surface area (Å²) in [5, 5.41) is 1.87. The van der Waals surface area contributed by atoms with E-state index in [1.807, 2.05) is 84.9 Å². The van der Waals surface area contributed by atoms with E-state index in [0.29, 0.717) is 0 Å². The first-order chi connectivity index (χ1) is 10.3. The van der Waals surface area contributed by atoms with Crippen molar-refractivity contribution in [1.29, 1.82) is 0 Å². The van der Waals surface area contributed by atoms with Gasteiger partial charge in [0.15, 0.2) is 0 Å². The zero-order valence-corrected chi connectivity index (χ0v) is 16.6. The Hall–Kier alpha value is -0.0882. The number of hydrogen-bond donors (Lipinski definition) is 0. The molecule has 0 fully saturated rings. The molecule has 1 atom stereocenters. The standard InChI is InChI=1S/C11H10OP.C5H5.2ClH.Fe.Pd/c12-13(11-8-4-5-9-11)10-6-2-1-3-7-10;1-2-4-5-3-1;;;;/h1-9,13H;1-5H;2*1H;;/q2*-1;;;2*+2/p-2.